The Kier molecular flexibility index (Phi) is 46.4. The van der Waals surface area contributed by atoms with Crippen LogP contribution in [0, 0.1) is 23.2 Å². The predicted molar refractivity (Wildman–Crippen MR) is 376 cm³/mol. The summed E-state index contributed by atoms with van der Waals surface area (Å²) in [7, 11) is 0. The Labute approximate surface area is 612 Å². The summed E-state index contributed by atoms with van der Waals surface area (Å²) in [6.07, 6.45) is -1.72. The molecule has 0 aromatic heterocycles. The minimum absolute atomic E-state index is 0.0202. The second-order valence-electron chi connectivity index (χ2n) is 29.0. The zero-order valence-electron chi connectivity index (χ0n) is 62.6. The van der Waals surface area contributed by atoms with Crippen molar-refractivity contribution in [1.82, 2.24) is 21.3 Å². The van der Waals surface area contributed by atoms with Gasteiger partial charge >= 0.3 is 6.09 Å². The monoisotopic (exact) mass is 1490 g/mol. The van der Waals surface area contributed by atoms with E-state index in [0.29, 0.717) is 109 Å². The Morgan fingerprint density at radius 3 is 1.26 bits per heavy atom. The lowest BCUT2D eigenvalue weighted by atomic mass is 9.82. The van der Waals surface area contributed by atoms with E-state index < -0.39 is 128 Å². The number of ether oxygens (including phenoxy) is 9. The van der Waals surface area contributed by atoms with E-state index in [-0.39, 0.29) is 164 Å². The molecule has 3 heterocycles. The Hall–Kier alpha value is -4.69. The molecule has 3 aliphatic rings. The standard InChI is InChI=1S/C72H127N5O27/c1-48-61(88)63(90)55(41-78)101-66(48)98-35-17-14-25-51(81)21-10-8-12-23-53(83)29-38-95-45-72(77-60(87)28-34-75-69(93)104-76-44-70(4,5)6,46-96-39-30-54(84)24-13-9-11-22-52(82)26-15-18-36-99-67-49(2)62(89)64(91)56(42-79)102-67)47-97-40-31-59(86)74-33-20-32-73-58(85)27-16-19-37-100-68-50(3)65(92)71(7,94)57(43-80)103-68/h44,48-50,55-57,61-68,78-80,88-92,94H,8-43,45-47H2,1-7H3,(H,73,85)(H,74,86)(H,75,93)(H,77,87)/t48-,49-,50-,55?,56?,57?,61?,62?,63-,64-,65?,66+,67+,68+,71-,72?/m1/s1. The number of aliphatic hydroxyl groups excluding tert-OH is 8. The molecule has 0 bridgehead atoms. The van der Waals surface area contributed by atoms with Gasteiger partial charge in [-0.3, -0.25) is 38.4 Å². The number of carbonyl (C=O) groups is 8. The molecule has 0 saturated carbocycles. The normalized spacial score (nSPS) is 26.3. The first kappa shape index (κ1) is 93.5. The van der Waals surface area contributed by atoms with E-state index in [0.717, 1.165) is 0 Å². The highest BCUT2D eigenvalue weighted by Crippen LogP contribution is 2.34. The molecule has 3 rings (SSSR count). The molecule has 0 aliphatic carbocycles. The molecule has 0 radical (unpaired) electrons. The molecule has 3 saturated heterocycles. The quantitative estimate of drug-likeness (QED) is 0.0180. The summed E-state index contributed by atoms with van der Waals surface area (Å²) >= 11 is 0. The van der Waals surface area contributed by atoms with Gasteiger partial charge in [0.15, 0.2) is 18.9 Å². The average Bonchev–Trinajstić information content (AvgIpc) is 0.791. The number of carbonyl (C=O) groups excluding carboxylic acids is 8. The fourth-order valence-corrected chi connectivity index (χ4v) is 11.7. The van der Waals surface area contributed by atoms with Gasteiger partial charge in [-0.05, 0) is 77.6 Å². The van der Waals surface area contributed by atoms with Crippen molar-refractivity contribution in [3.63, 3.8) is 0 Å². The number of nitrogens with one attached hydrogen (secondary N) is 4. The summed E-state index contributed by atoms with van der Waals surface area (Å²) < 4.78 is 52.3. The Balaban J connectivity index is 1.53. The smallest absolute Gasteiger partial charge is 0.394 e. The molecule has 602 valence electrons. The summed E-state index contributed by atoms with van der Waals surface area (Å²) in [6, 6.07) is 0. The number of oxime groups is 1. The maximum atomic E-state index is 13.8. The van der Waals surface area contributed by atoms with Gasteiger partial charge in [-0.2, -0.15) is 0 Å². The van der Waals surface area contributed by atoms with Crippen LogP contribution in [0.2, 0.25) is 0 Å². The largest absolute Gasteiger partial charge is 0.433 e. The molecular formula is C72H127N5O27. The molecular weight excluding hydrogens is 1370 g/mol. The molecule has 104 heavy (non-hydrogen) atoms. The van der Waals surface area contributed by atoms with Crippen molar-refractivity contribution in [1.29, 1.82) is 0 Å². The van der Waals surface area contributed by atoms with E-state index in [1.807, 2.05) is 20.8 Å². The van der Waals surface area contributed by atoms with Crippen LogP contribution >= 0.6 is 0 Å². The minimum Gasteiger partial charge on any atom is -0.394 e. The zero-order chi connectivity index (χ0) is 77.1. The number of aliphatic hydroxyl groups is 9. The van der Waals surface area contributed by atoms with Crippen LogP contribution in [-0.2, 0) is 81.0 Å². The maximum absolute atomic E-state index is 13.8. The lowest BCUT2D eigenvalue weighted by molar-refractivity contribution is -0.311. The van der Waals surface area contributed by atoms with Gasteiger partial charge in [0.2, 0.25) is 17.7 Å². The third-order valence-electron chi connectivity index (χ3n) is 18.4. The highest BCUT2D eigenvalue weighted by molar-refractivity contribution is 5.80. The van der Waals surface area contributed by atoms with Crippen molar-refractivity contribution >= 4 is 53.2 Å². The first-order chi connectivity index (χ1) is 49.5. The summed E-state index contributed by atoms with van der Waals surface area (Å²) in [4.78, 5) is 108. The summed E-state index contributed by atoms with van der Waals surface area (Å²) in [5.74, 6) is -2.75. The van der Waals surface area contributed by atoms with Gasteiger partial charge in [-0.1, -0.05) is 59.5 Å². The van der Waals surface area contributed by atoms with E-state index in [2.05, 4.69) is 26.4 Å². The lowest BCUT2D eigenvalue weighted by Gasteiger charge is -2.46. The van der Waals surface area contributed by atoms with E-state index in [4.69, 9.17) is 47.5 Å². The molecule has 3 aliphatic heterocycles. The minimum atomic E-state index is -1.64. The highest BCUT2D eigenvalue weighted by atomic mass is 16.7. The number of ketones is 4. The number of Topliss-reactive ketones (excluding diaryl/α,β-unsaturated/α-hetero) is 4. The van der Waals surface area contributed by atoms with Crippen LogP contribution in [0.25, 0.3) is 0 Å². The van der Waals surface area contributed by atoms with E-state index in [1.54, 1.807) is 20.8 Å². The van der Waals surface area contributed by atoms with Crippen LogP contribution < -0.4 is 21.3 Å². The molecule has 0 spiro atoms. The van der Waals surface area contributed by atoms with Gasteiger partial charge in [0.05, 0.1) is 77.8 Å². The Morgan fingerprint density at radius 2 is 0.837 bits per heavy atom. The Bertz CT molecular complexity index is 2410. The van der Waals surface area contributed by atoms with E-state index in [9.17, 15) is 84.3 Å². The fraction of sp³-hybridized carbons (Fsp3) is 0.875. The molecule has 0 aromatic carbocycles. The predicted octanol–water partition coefficient (Wildman–Crippen LogP) is 2.19. The van der Waals surface area contributed by atoms with Crippen molar-refractivity contribution in [3.05, 3.63) is 0 Å². The van der Waals surface area contributed by atoms with Crippen LogP contribution in [0.4, 0.5) is 4.79 Å². The van der Waals surface area contributed by atoms with Crippen LogP contribution in [0.1, 0.15) is 203 Å². The topological polar surface area (TPSA) is 471 Å². The molecule has 0 aromatic rings. The molecule has 32 heteroatoms. The van der Waals surface area contributed by atoms with Crippen LogP contribution in [0.3, 0.4) is 0 Å². The number of nitrogens with zero attached hydrogens (tertiary/aromatic N) is 1. The van der Waals surface area contributed by atoms with Crippen molar-refractivity contribution in [2.24, 2.45) is 28.3 Å². The Morgan fingerprint density at radius 1 is 0.442 bits per heavy atom. The van der Waals surface area contributed by atoms with Crippen LogP contribution in [0.5, 0.6) is 0 Å². The lowest BCUT2D eigenvalue weighted by Crippen LogP contribution is -2.62. The van der Waals surface area contributed by atoms with Crippen molar-refractivity contribution in [3.8, 4) is 0 Å². The number of amides is 4. The third-order valence-corrected chi connectivity index (χ3v) is 18.4. The summed E-state index contributed by atoms with van der Waals surface area (Å²) in [5.41, 5.74) is -3.47. The SMILES string of the molecule is C[C@@H]1C(O)[C@H](O)C(CO)O[C@@H]1OCCCCC(=O)CCCCCC(=O)CCOCC(COCCC(=O)CCCCCC(=O)CCCCO[C@H]1OC(CO)[C@@H](O)C(O)[C@H]1C)(COCCC(=O)NCCCNC(=O)CCCCO[C@H]1OC(CO)[C@@](C)(O)C(O)[C@H]1C)NC(=O)CCNC(=O)ON=CC(C)(C)C. The molecule has 32 nitrogen and oxygen atoms in total. The number of hydrogen-bond donors (Lipinski definition) is 13. The number of rotatable bonds is 57. The van der Waals surface area contributed by atoms with Crippen LogP contribution in [0.15, 0.2) is 5.16 Å². The molecule has 6 unspecified atom stereocenters. The van der Waals surface area contributed by atoms with Gasteiger partial charge < -0.3 is 110 Å². The number of hydrogen-bond acceptors (Lipinski definition) is 28. The second-order valence-corrected chi connectivity index (χ2v) is 29.0. The van der Waals surface area contributed by atoms with Crippen LogP contribution in [-0.4, -0.2) is 277 Å². The zero-order valence-corrected chi connectivity index (χ0v) is 62.6. The molecule has 15 atom stereocenters. The van der Waals surface area contributed by atoms with Crippen molar-refractivity contribution in [2.45, 2.75) is 281 Å². The van der Waals surface area contributed by atoms with E-state index in [1.165, 1.54) is 13.1 Å². The van der Waals surface area contributed by atoms with E-state index >= 15 is 0 Å². The summed E-state index contributed by atoms with van der Waals surface area (Å²) in [5, 5.41) is 105. The average molecular weight is 1490 g/mol. The summed E-state index contributed by atoms with van der Waals surface area (Å²) in [6.45, 7) is 10.7. The van der Waals surface area contributed by atoms with Gasteiger partial charge in [0, 0.05) is 139 Å². The highest BCUT2D eigenvalue weighted by Gasteiger charge is 2.51. The molecule has 13 N–H and O–H groups in total. The van der Waals surface area contributed by atoms with Gasteiger partial charge in [-0.25, -0.2) is 4.79 Å². The maximum Gasteiger partial charge on any atom is 0.433 e. The van der Waals surface area contributed by atoms with Crippen molar-refractivity contribution in [2.75, 3.05) is 98.9 Å². The third kappa shape index (κ3) is 37.4. The molecule has 3 fully saturated rings. The second kappa shape index (κ2) is 51.6. The number of unbranched alkanes of at least 4 members (excludes halogenated alkanes) is 7. The van der Waals surface area contributed by atoms with Gasteiger partial charge in [0.25, 0.3) is 0 Å². The van der Waals surface area contributed by atoms with Gasteiger partial charge in [0.1, 0.15) is 64.8 Å². The van der Waals surface area contributed by atoms with Gasteiger partial charge in [-0.15, -0.1) is 0 Å². The molecule has 4 amide bonds. The first-order valence-electron chi connectivity index (χ1n) is 37.4. The van der Waals surface area contributed by atoms with Crippen molar-refractivity contribution < 1.29 is 132 Å². The first-order valence-corrected chi connectivity index (χ1v) is 37.4. The fourth-order valence-electron chi connectivity index (χ4n) is 11.7.